The number of carboxylic acid groups (broad SMARTS) is 1. The van der Waals surface area contributed by atoms with Crippen LogP contribution >= 0.6 is 23.2 Å². The van der Waals surface area contributed by atoms with Crippen molar-refractivity contribution in [3.05, 3.63) is 33.3 Å². The fourth-order valence-corrected chi connectivity index (χ4v) is 1.91. The topological polar surface area (TPSA) is 46.5 Å². The van der Waals surface area contributed by atoms with Crippen LogP contribution < -0.4 is 4.74 Å². The summed E-state index contributed by atoms with van der Waals surface area (Å²) in [6.07, 6.45) is 1.51. The maximum atomic E-state index is 10.7. The van der Waals surface area contributed by atoms with Crippen molar-refractivity contribution in [3.8, 4) is 5.75 Å². The third-order valence-electron chi connectivity index (χ3n) is 2.01. The molecule has 1 heterocycles. The number of fused-ring (bicyclic) bond motifs is 1. The lowest BCUT2D eigenvalue weighted by Crippen LogP contribution is -2.14. The Labute approximate surface area is 95.9 Å². The molecule has 3 nitrogen and oxygen atoms in total. The largest absolute Gasteiger partial charge is 0.486 e. The van der Waals surface area contributed by atoms with Crippen molar-refractivity contribution >= 4 is 35.2 Å². The first kappa shape index (κ1) is 10.3. The van der Waals surface area contributed by atoms with Crippen LogP contribution in [0.1, 0.15) is 5.56 Å². The lowest BCUT2D eigenvalue weighted by Gasteiger charge is -2.17. The number of hydrogen-bond acceptors (Lipinski definition) is 2. The normalized spacial score (nSPS) is 13.9. The highest BCUT2D eigenvalue weighted by atomic mass is 35.5. The van der Waals surface area contributed by atoms with Crippen molar-refractivity contribution in [3.63, 3.8) is 0 Å². The van der Waals surface area contributed by atoms with E-state index >= 15 is 0 Å². The van der Waals surface area contributed by atoms with Gasteiger partial charge in [-0.05, 0) is 18.2 Å². The average molecular weight is 245 g/mol. The molecule has 0 amide bonds. The van der Waals surface area contributed by atoms with Gasteiger partial charge in [0.2, 0.25) is 0 Å². The van der Waals surface area contributed by atoms with Crippen LogP contribution in [0, 0.1) is 0 Å². The summed E-state index contributed by atoms with van der Waals surface area (Å²) >= 11 is 11.7. The average Bonchev–Trinajstić information content (AvgIpc) is 2.16. The van der Waals surface area contributed by atoms with E-state index in [9.17, 15) is 4.79 Å². The number of carboxylic acids is 1. The van der Waals surface area contributed by atoms with E-state index in [1.165, 1.54) is 6.08 Å². The minimum Gasteiger partial charge on any atom is -0.486 e. The predicted molar refractivity (Wildman–Crippen MR) is 57.6 cm³/mol. The summed E-state index contributed by atoms with van der Waals surface area (Å²) < 4.78 is 5.24. The Morgan fingerprint density at radius 1 is 1.40 bits per heavy atom. The van der Waals surface area contributed by atoms with Crippen LogP contribution in [0.3, 0.4) is 0 Å². The second kappa shape index (κ2) is 3.76. The van der Waals surface area contributed by atoms with E-state index in [1.54, 1.807) is 12.1 Å². The summed E-state index contributed by atoms with van der Waals surface area (Å²) in [6.45, 7) is 0.0175. The van der Waals surface area contributed by atoms with Crippen molar-refractivity contribution in [2.24, 2.45) is 0 Å². The molecule has 5 heteroatoms. The molecule has 0 saturated carbocycles. The molecule has 1 aromatic rings. The highest BCUT2D eigenvalue weighted by molar-refractivity contribution is 6.36. The van der Waals surface area contributed by atoms with Gasteiger partial charge in [-0.1, -0.05) is 23.2 Å². The van der Waals surface area contributed by atoms with Crippen molar-refractivity contribution in [2.45, 2.75) is 0 Å². The van der Waals surface area contributed by atoms with Crippen LogP contribution in [0.4, 0.5) is 0 Å². The first-order valence-electron chi connectivity index (χ1n) is 4.13. The summed E-state index contributed by atoms with van der Waals surface area (Å²) in [5.41, 5.74) is 0.775. The van der Waals surface area contributed by atoms with E-state index < -0.39 is 5.97 Å². The summed E-state index contributed by atoms with van der Waals surface area (Å²) in [7, 11) is 0. The fourth-order valence-electron chi connectivity index (χ4n) is 1.34. The second-order valence-corrected chi connectivity index (χ2v) is 3.91. The van der Waals surface area contributed by atoms with Gasteiger partial charge in [0, 0.05) is 10.6 Å². The van der Waals surface area contributed by atoms with E-state index in [1.807, 2.05) is 0 Å². The highest BCUT2D eigenvalue weighted by Crippen LogP contribution is 2.36. The van der Waals surface area contributed by atoms with Crippen LogP contribution in [0.15, 0.2) is 17.7 Å². The molecule has 0 bridgehead atoms. The Kier molecular flexibility index (Phi) is 2.59. The lowest BCUT2D eigenvalue weighted by molar-refractivity contribution is -0.132. The monoisotopic (exact) mass is 244 g/mol. The van der Waals surface area contributed by atoms with Gasteiger partial charge in [0.25, 0.3) is 0 Å². The van der Waals surface area contributed by atoms with Crippen molar-refractivity contribution in [1.29, 1.82) is 0 Å². The maximum absolute atomic E-state index is 10.7. The Morgan fingerprint density at radius 2 is 2.13 bits per heavy atom. The van der Waals surface area contributed by atoms with Crippen molar-refractivity contribution in [1.82, 2.24) is 0 Å². The van der Waals surface area contributed by atoms with Gasteiger partial charge in [0.05, 0.1) is 10.6 Å². The molecule has 0 radical (unpaired) electrons. The van der Waals surface area contributed by atoms with E-state index in [4.69, 9.17) is 33.0 Å². The molecule has 0 spiro atoms. The molecule has 15 heavy (non-hydrogen) atoms. The van der Waals surface area contributed by atoms with E-state index in [0.29, 0.717) is 21.4 Å². The standard InChI is InChI=1S/C10H6Cl2O3/c11-7-2-5-1-6(10(13)14)4-15-9(5)8(12)3-7/h1-3H,4H2,(H,13,14). The summed E-state index contributed by atoms with van der Waals surface area (Å²) in [5.74, 6) is -0.525. The molecule has 0 fully saturated rings. The molecular formula is C10H6Cl2O3. The van der Waals surface area contributed by atoms with Gasteiger partial charge in [0.15, 0.2) is 0 Å². The Morgan fingerprint density at radius 3 is 2.80 bits per heavy atom. The van der Waals surface area contributed by atoms with Crippen LogP contribution in [0.25, 0.3) is 6.08 Å². The zero-order chi connectivity index (χ0) is 11.0. The van der Waals surface area contributed by atoms with E-state index in [0.717, 1.165) is 0 Å². The van der Waals surface area contributed by atoms with Gasteiger partial charge < -0.3 is 9.84 Å². The number of hydrogen-bond donors (Lipinski definition) is 1. The zero-order valence-corrected chi connectivity index (χ0v) is 8.97. The molecule has 0 atom stereocenters. The number of benzene rings is 1. The van der Waals surface area contributed by atoms with Gasteiger partial charge >= 0.3 is 5.97 Å². The first-order chi connectivity index (χ1) is 7.08. The number of carbonyl (C=O) groups is 1. The van der Waals surface area contributed by atoms with Crippen LogP contribution in [-0.4, -0.2) is 17.7 Å². The molecule has 1 aromatic carbocycles. The van der Waals surface area contributed by atoms with Crippen LogP contribution in [-0.2, 0) is 4.79 Å². The first-order valence-corrected chi connectivity index (χ1v) is 4.89. The van der Waals surface area contributed by atoms with E-state index in [-0.39, 0.29) is 12.2 Å². The van der Waals surface area contributed by atoms with Crippen molar-refractivity contribution < 1.29 is 14.6 Å². The van der Waals surface area contributed by atoms with Gasteiger partial charge in [0.1, 0.15) is 12.4 Å². The van der Waals surface area contributed by atoms with Gasteiger partial charge in [-0.3, -0.25) is 0 Å². The predicted octanol–water partition coefficient (Wildman–Crippen LogP) is 2.85. The number of ether oxygens (including phenoxy) is 1. The molecule has 2 rings (SSSR count). The molecule has 0 saturated heterocycles. The molecule has 0 aliphatic carbocycles. The minimum atomic E-state index is -1.00. The smallest absolute Gasteiger partial charge is 0.335 e. The molecule has 0 aromatic heterocycles. The SMILES string of the molecule is O=C(O)C1=Cc2cc(Cl)cc(Cl)c2OC1. The van der Waals surface area contributed by atoms with E-state index in [2.05, 4.69) is 0 Å². The Hall–Kier alpha value is -1.19. The fraction of sp³-hybridized carbons (Fsp3) is 0.100. The van der Waals surface area contributed by atoms with Crippen molar-refractivity contribution in [2.75, 3.05) is 6.61 Å². The highest BCUT2D eigenvalue weighted by Gasteiger charge is 2.19. The molecule has 1 N–H and O–H groups in total. The second-order valence-electron chi connectivity index (χ2n) is 3.07. The minimum absolute atomic E-state index is 0.0175. The quantitative estimate of drug-likeness (QED) is 0.827. The molecule has 1 aliphatic heterocycles. The van der Waals surface area contributed by atoms with Crippen LogP contribution in [0.5, 0.6) is 5.75 Å². The Balaban J connectivity index is 2.54. The molecule has 1 aliphatic rings. The number of halogens is 2. The number of aliphatic carboxylic acids is 1. The lowest BCUT2D eigenvalue weighted by atomic mass is 10.1. The molecule has 0 unspecified atom stereocenters. The zero-order valence-electron chi connectivity index (χ0n) is 7.46. The number of rotatable bonds is 1. The maximum Gasteiger partial charge on any atom is 0.335 e. The summed E-state index contributed by atoms with van der Waals surface area (Å²) in [5, 5.41) is 9.62. The third-order valence-corrected chi connectivity index (χ3v) is 2.51. The van der Waals surface area contributed by atoms with Gasteiger partial charge in [-0.2, -0.15) is 0 Å². The van der Waals surface area contributed by atoms with Gasteiger partial charge in [-0.15, -0.1) is 0 Å². The molecular weight excluding hydrogens is 239 g/mol. The summed E-state index contributed by atoms with van der Waals surface area (Å²) in [4.78, 5) is 10.7. The third kappa shape index (κ3) is 1.94. The summed E-state index contributed by atoms with van der Waals surface area (Å²) in [6, 6.07) is 3.17. The van der Waals surface area contributed by atoms with Crippen LogP contribution in [0.2, 0.25) is 10.0 Å². The molecule has 78 valence electrons. The van der Waals surface area contributed by atoms with Gasteiger partial charge in [-0.25, -0.2) is 4.79 Å². The Bertz CT molecular complexity index is 466.